The summed E-state index contributed by atoms with van der Waals surface area (Å²) < 4.78 is 4.74. The summed E-state index contributed by atoms with van der Waals surface area (Å²) in [5, 5.41) is 7.23. The van der Waals surface area contributed by atoms with Gasteiger partial charge in [0.2, 0.25) is 0 Å². The van der Waals surface area contributed by atoms with Crippen molar-refractivity contribution in [3.63, 3.8) is 0 Å². The van der Waals surface area contributed by atoms with Crippen LogP contribution in [0, 0.1) is 5.92 Å². The third kappa shape index (κ3) is 2.74. The second kappa shape index (κ2) is 4.67. The lowest BCUT2D eigenvalue weighted by molar-refractivity contribution is 0.406. The zero-order valence-corrected chi connectivity index (χ0v) is 8.35. The summed E-state index contributed by atoms with van der Waals surface area (Å²) in [4.78, 5) is 0. The lowest BCUT2D eigenvalue weighted by Crippen LogP contribution is -2.22. The fourth-order valence-electron chi connectivity index (χ4n) is 1.48. The molecule has 1 atom stereocenters. The molecule has 4 heteroatoms. The highest BCUT2D eigenvalue weighted by Gasteiger charge is 2.14. The van der Waals surface area contributed by atoms with E-state index in [1.165, 1.54) is 17.9 Å². The van der Waals surface area contributed by atoms with Crippen molar-refractivity contribution in [2.45, 2.75) is 13.0 Å². The maximum atomic E-state index is 4.74. The van der Waals surface area contributed by atoms with E-state index in [1.54, 1.807) is 6.26 Å². The molecule has 1 aliphatic heterocycles. The van der Waals surface area contributed by atoms with Crippen molar-refractivity contribution in [1.29, 1.82) is 0 Å². The third-order valence-corrected chi connectivity index (χ3v) is 3.49. The molecule has 3 nitrogen and oxygen atoms in total. The van der Waals surface area contributed by atoms with Crippen molar-refractivity contribution < 1.29 is 4.52 Å². The van der Waals surface area contributed by atoms with Gasteiger partial charge in [0.1, 0.15) is 6.26 Å². The van der Waals surface area contributed by atoms with Crippen LogP contribution >= 0.6 is 11.8 Å². The van der Waals surface area contributed by atoms with Gasteiger partial charge in [-0.25, -0.2) is 0 Å². The molecule has 1 unspecified atom stereocenters. The second-order valence-electron chi connectivity index (χ2n) is 3.35. The fraction of sp³-hybridized carbons (Fsp3) is 0.667. The Kier molecular flexibility index (Phi) is 3.27. The van der Waals surface area contributed by atoms with Gasteiger partial charge in [0, 0.05) is 12.6 Å². The minimum Gasteiger partial charge on any atom is -0.364 e. The van der Waals surface area contributed by atoms with E-state index in [4.69, 9.17) is 4.52 Å². The molecule has 1 aliphatic rings. The van der Waals surface area contributed by atoms with Crippen LogP contribution < -0.4 is 5.32 Å². The Morgan fingerprint density at radius 2 is 2.69 bits per heavy atom. The van der Waals surface area contributed by atoms with Crippen LogP contribution in [0.4, 0.5) is 0 Å². The van der Waals surface area contributed by atoms with E-state index < -0.39 is 0 Å². The molecule has 0 saturated carbocycles. The van der Waals surface area contributed by atoms with Gasteiger partial charge in [-0.2, -0.15) is 11.8 Å². The first-order valence-corrected chi connectivity index (χ1v) is 5.78. The summed E-state index contributed by atoms with van der Waals surface area (Å²) in [6.45, 7) is 1.94. The van der Waals surface area contributed by atoms with Gasteiger partial charge in [-0.1, -0.05) is 5.16 Å². The highest BCUT2D eigenvalue weighted by atomic mass is 32.2. The van der Waals surface area contributed by atoms with Crippen molar-refractivity contribution in [3.8, 4) is 0 Å². The fourth-order valence-corrected chi connectivity index (χ4v) is 2.76. The Morgan fingerprint density at radius 3 is 3.38 bits per heavy atom. The van der Waals surface area contributed by atoms with Crippen molar-refractivity contribution >= 4 is 11.8 Å². The van der Waals surface area contributed by atoms with E-state index in [2.05, 4.69) is 22.2 Å². The Hall–Kier alpha value is -0.480. The highest BCUT2D eigenvalue weighted by molar-refractivity contribution is 7.99. The molecule has 0 aliphatic carbocycles. The van der Waals surface area contributed by atoms with Gasteiger partial charge in [-0.3, -0.25) is 0 Å². The predicted molar refractivity (Wildman–Crippen MR) is 53.6 cm³/mol. The zero-order valence-electron chi connectivity index (χ0n) is 7.53. The molecule has 2 heterocycles. The Bertz CT molecular complexity index is 232. The smallest absolute Gasteiger partial charge is 0.124 e. The molecular formula is C9H14N2OS. The maximum Gasteiger partial charge on any atom is 0.124 e. The van der Waals surface area contributed by atoms with Crippen LogP contribution in [0.2, 0.25) is 0 Å². The molecule has 1 aromatic rings. The highest BCUT2D eigenvalue weighted by Crippen LogP contribution is 2.22. The van der Waals surface area contributed by atoms with Crippen molar-refractivity contribution in [3.05, 3.63) is 18.0 Å². The predicted octanol–water partition coefficient (Wildman–Crippen LogP) is 1.52. The standard InChI is InChI=1S/C9H14N2OS/c1-3-12-11-9(1)6-10-5-8-2-4-13-7-8/h1,3,8,10H,2,4-7H2. The first kappa shape index (κ1) is 9.09. The van der Waals surface area contributed by atoms with Crippen LogP contribution in [0.25, 0.3) is 0 Å². The summed E-state index contributed by atoms with van der Waals surface area (Å²) in [6.07, 6.45) is 2.97. The maximum absolute atomic E-state index is 4.74. The minimum absolute atomic E-state index is 0.831. The molecule has 1 aromatic heterocycles. The van der Waals surface area contributed by atoms with Crippen LogP contribution in [0.5, 0.6) is 0 Å². The number of nitrogens with zero attached hydrogens (tertiary/aromatic N) is 1. The molecule has 1 N–H and O–H groups in total. The van der Waals surface area contributed by atoms with E-state index in [-0.39, 0.29) is 0 Å². The van der Waals surface area contributed by atoms with Crippen LogP contribution in [0.15, 0.2) is 16.9 Å². The van der Waals surface area contributed by atoms with E-state index in [1.807, 2.05) is 6.07 Å². The van der Waals surface area contributed by atoms with Gasteiger partial charge in [0.25, 0.3) is 0 Å². The molecule has 0 radical (unpaired) electrons. The molecule has 0 amide bonds. The number of aromatic nitrogens is 1. The average Bonchev–Trinajstić information content (AvgIpc) is 2.75. The van der Waals surface area contributed by atoms with Gasteiger partial charge in [-0.15, -0.1) is 0 Å². The molecule has 72 valence electrons. The molecular weight excluding hydrogens is 184 g/mol. The Labute approximate surface area is 82.3 Å². The van der Waals surface area contributed by atoms with E-state index in [0.717, 1.165) is 24.7 Å². The van der Waals surface area contributed by atoms with E-state index >= 15 is 0 Å². The van der Waals surface area contributed by atoms with Crippen LogP contribution in [-0.2, 0) is 6.54 Å². The molecule has 2 rings (SSSR count). The first-order valence-electron chi connectivity index (χ1n) is 4.63. The van der Waals surface area contributed by atoms with Crippen molar-refractivity contribution in [1.82, 2.24) is 10.5 Å². The third-order valence-electron chi connectivity index (χ3n) is 2.25. The summed E-state index contributed by atoms with van der Waals surface area (Å²) in [6, 6.07) is 1.90. The number of hydrogen-bond acceptors (Lipinski definition) is 4. The minimum atomic E-state index is 0.831. The summed E-state index contributed by atoms with van der Waals surface area (Å²) in [5.41, 5.74) is 0.991. The lowest BCUT2D eigenvalue weighted by atomic mass is 10.1. The largest absolute Gasteiger partial charge is 0.364 e. The summed E-state index contributed by atoms with van der Waals surface area (Å²) >= 11 is 2.06. The van der Waals surface area contributed by atoms with E-state index in [9.17, 15) is 0 Å². The summed E-state index contributed by atoms with van der Waals surface area (Å²) in [7, 11) is 0. The van der Waals surface area contributed by atoms with E-state index in [0.29, 0.717) is 0 Å². The molecule has 1 saturated heterocycles. The number of thioether (sulfide) groups is 1. The van der Waals surface area contributed by atoms with Gasteiger partial charge in [0.05, 0.1) is 5.69 Å². The van der Waals surface area contributed by atoms with Gasteiger partial charge >= 0.3 is 0 Å². The van der Waals surface area contributed by atoms with Gasteiger partial charge in [0.15, 0.2) is 0 Å². The lowest BCUT2D eigenvalue weighted by Gasteiger charge is -2.07. The number of rotatable bonds is 4. The molecule has 0 spiro atoms. The zero-order chi connectivity index (χ0) is 8.93. The van der Waals surface area contributed by atoms with Gasteiger partial charge < -0.3 is 9.84 Å². The summed E-state index contributed by atoms with van der Waals surface area (Å²) in [5.74, 6) is 3.50. The molecule has 0 aromatic carbocycles. The quantitative estimate of drug-likeness (QED) is 0.796. The van der Waals surface area contributed by atoms with Crippen molar-refractivity contribution in [2.75, 3.05) is 18.1 Å². The SMILES string of the molecule is c1cc(CNCC2CCSC2)no1. The second-order valence-corrected chi connectivity index (χ2v) is 4.50. The average molecular weight is 198 g/mol. The molecule has 0 bridgehead atoms. The topological polar surface area (TPSA) is 38.1 Å². The number of nitrogens with one attached hydrogen (secondary N) is 1. The monoisotopic (exact) mass is 198 g/mol. The molecule has 13 heavy (non-hydrogen) atoms. The normalized spacial score (nSPS) is 22.3. The van der Waals surface area contributed by atoms with Crippen LogP contribution in [0.3, 0.4) is 0 Å². The van der Waals surface area contributed by atoms with Gasteiger partial charge in [-0.05, 0) is 30.4 Å². The first-order chi connectivity index (χ1) is 6.45. The van der Waals surface area contributed by atoms with Crippen LogP contribution in [-0.4, -0.2) is 23.2 Å². The number of hydrogen-bond donors (Lipinski definition) is 1. The van der Waals surface area contributed by atoms with Crippen LogP contribution in [0.1, 0.15) is 12.1 Å². The van der Waals surface area contributed by atoms with Crippen molar-refractivity contribution in [2.24, 2.45) is 5.92 Å². The Balaban J connectivity index is 1.63. The molecule has 1 fully saturated rings. The Morgan fingerprint density at radius 1 is 1.69 bits per heavy atom.